The van der Waals surface area contributed by atoms with E-state index in [2.05, 4.69) is 15.0 Å². The largest absolute Gasteiger partial charge is 0.391 e. The van der Waals surface area contributed by atoms with E-state index in [9.17, 15) is 9.90 Å². The Hall–Kier alpha value is -1.47. The molecule has 23 heavy (non-hydrogen) atoms. The lowest BCUT2D eigenvalue weighted by Gasteiger charge is -2.39. The van der Waals surface area contributed by atoms with Crippen LogP contribution in [0.2, 0.25) is 0 Å². The number of aromatic nitrogens is 2. The zero-order valence-electron chi connectivity index (χ0n) is 13.8. The van der Waals surface area contributed by atoms with Crippen LogP contribution in [0.5, 0.6) is 0 Å². The SMILES string of the molecule is Cc1noc(CCCC(=O)N2CCN([C@H]3CCC[C@H]3O)CC2)n1. The molecule has 0 radical (unpaired) electrons. The number of carbonyl (C=O) groups excluding carboxylic acids is 1. The van der Waals surface area contributed by atoms with E-state index in [1.165, 1.54) is 0 Å². The average molecular weight is 322 g/mol. The lowest BCUT2D eigenvalue weighted by molar-refractivity contribution is -0.133. The Morgan fingerprint density at radius 3 is 2.70 bits per heavy atom. The Bertz CT molecular complexity index is 525. The fourth-order valence-electron chi connectivity index (χ4n) is 3.64. The molecule has 0 unspecified atom stereocenters. The van der Waals surface area contributed by atoms with Gasteiger partial charge in [-0.05, 0) is 32.6 Å². The lowest BCUT2D eigenvalue weighted by atomic mass is 10.1. The Balaban J connectivity index is 1.38. The number of aryl methyl sites for hydroxylation is 2. The topological polar surface area (TPSA) is 82.7 Å². The van der Waals surface area contributed by atoms with Gasteiger partial charge in [0.2, 0.25) is 11.8 Å². The van der Waals surface area contributed by atoms with Gasteiger partial charge in [-0.1, -0.05) is 5.16 Å². The van der Waals surface area contributed by atoms with Crippen molar-refractivity contribution in [3.05, 3.63) is 11.7 Å². The van der Waals surface area contributed by atoms with E-state index in [0.717, 1.165) is 51.9 Å². The van der Waals surface area contributed by atoms with Gasteiger partial charge in [-0.2, -0.15) is 4.98 Å². The number of amides is 1. The van der Waals surface area contributed by atoms with E-state index in [1.807, 2.05) is 4.90 Å². The van der Waals surface area contributed by atoms with Crippen LogP contribution in [0, 0.1) is 6.92 Å². The number of nitrogens with zero attached hydrogens (tertiary/aromatic N) is 4. The van der Waals surface area contributed by atoms with E-state index in [-0.39, 0.29) is 12.0 Å². The third-order valence-corrected chi connectivity index (χ3v) is 4.93. The second kappa shape index (κ2) is 7.40. The lowest BCUT2D eigenvalue weighted by Crippen LogP contribution is -2.53. The average Bonchev–Trinajstić information content (AvgIpc) is 3.16. The fraction of sp³-hybridized carbons (Fsp3) is 0.812. The fourth-order valence-corrected chi connectivity index (χ4v) is 3.64. The molecule has 1 saturated heterocycles. The summed E-state index contributed by atoms with van der Waals surface area (Å²) in [7, 11) is 0. The summed E-state index contributed by atoms with van der Waals surface area (Å²) in [6.45, 7) is 5.06. The molecular weight excluding hydrogens is 296 g/mol. The van der Waals surface area contributed by atoms with Gasteiger partial charge in [-0.25, -0.2) is 0 Å². The van der Waals surface area contributed by atoms with Gasteiger partial charge < -0.3 is 14.5 Å². The van der Waals surface area contributed by atoms with Crippen molar-refractivity contribution in [1.29, 1.82) is 0 Å². The molecule has 3 rings (SSSR count). The summed E-state index contributed by atoms with van der Waals surface area (Å²) in [6.07, 6.45) is 4.84. The molecule has 1 aromatic rings. The Morgan fingerprint density at radius 1 is 1.30 bits per heavy atom. The van der Waals surface area contributed by atoms with Crippen LogP contribution in [0.25, 0.3) is 0 Å². The summed E-state index contributed by atoms with van der Waals surface area (Å²) in [6, 6.07) is 0.299. The minimum Gasteiger partial charge on any atom is -0.391 e. The predicted octanol–water partition coefficient (Wildman–Crippen LogP) is 0.758. The molecule has 1 amide bonds. The van der Waals surface area contributed by atoms with Crippen LogP contribution in [0.1, 0.15) is 43.8 Å². The molecule has 1 saturated carbocycles. The molecule has 1 N–H and O–H groups in total. The molecule has 0 aromatic carbocycles. The Labute approximate surface area is 136 Å². The van der Waals surface area contributed by atoms with Gasteiger partial charge in [-0.3, -0.25) is 9.69 Å². The van der Waals surface area contributed by atoms with Gasteiger partial charge in [-0.15, -0.1) is 0 Å². The van der Waals surface area contributed by atoms with Crippen LogP contribution < -0.4 is 0 Å². The van der Waals surface area contributed by atoms with E-state index >= 15 is 0 Å². The second-order valence-corrected chi connectivity index (χ2v) is 6.57. The summed E-state index contributed by atoms with van der Waals surface area (Å²) < 4.78 is 5.06. The molecule has 1 aliphatic heterocycles. The van der Waals surface area contributed by atoms with Crippen LogP contribution in [0.15, 0.2) is 4.52 Å². The van der Waals surface area contributed by atoms with Crippen LogP contribution >= 0.6 is 0 Å². The Kier molecular flexibility index (Phi) is 5.27. The molecule has 0 bridgehead atoms. The van der Waals surface area contributed by atoms with Crippen LogP contribution in [0.3, 0.4) is 0 Å². The number of rotatable bonds is 5. The van der Waals surface area contributed by atoms with Crippen molar-refractivity contribution in [2.45, 2.75) is 57.6 Å². The number of aliphatic hydroxyl groups is 1. The van der Waals surface area contributed by atoms with Crippen molar-refractivity contribution < 1.29 is 14.4 Å². The van der Waals surface area contributed by atoms with Crippen molar-refractivity contribution >= 4 is 5.91 Å². The first-order chi connectivity index (χ1) is 11.1. The quantitative estimate of drug-likeness (QED) is 0.862. The second-order valence-electron chi connectivity index (χ2n) is 6.57. The zero-order chi connectivity index (χ0) is 16.2. The summed E-state index contributed by atoms with van der Waals surface area (Å²) in [5.41, 5.74) is 0. The molecular formula is C16H26N4O3. The predicted molar refractivity (Wildman–Crippen MR) is 83.8 cm³/mol. The van der Waals surface area contributed by atoms with Gasteiger partial charge >= 0.3 is 0 Å². The standard InChI is InChI=1S/C16H26N4O3/c1-12-17-15(23-18-12)6-3-7-16(22)20-10-8-19(9-11-20)13-4-2-5-14(13)21/h13-14,21H,2-11H2,1H3/t13-,14+/m0/s1. The third-order valence-electron chi connectivity index (χ3n) is 4.93. The molecule has 7 nitrogen and oxygen atoms in total. The molecule has 2 heterocycles. The number of aliphatic hydroxyl groups excluding tert-OH is 1. The van der Waals surface area contributed by atoms with Crippen molar-refractivity contribution in [3.8, 4) is 0 Å². The molecule has 1 aliphatic carbocycles. The highest BCUT2D eigenvalue weighted by Gasteiger charge is 2.33. The summed E-state index contributed by atoms with van der Waals surface area (Å²) in [4.78, 5) is 20.7. The molecule has 1 aromatic heterocycles. The van der Waals surface area contributed by atoms with Crippen molar-refractivity contribution in [3.63, 3.8) is 0 Å². The minimum atomic E-state index is -0.185. The van der Waals surface area contributed by atoms with Gasteiger partial charge in [0.25, 0.3) is 0 Å². The maximum absolute atomic E-state index is 12.3. The van der Waals surface area contributed by atoms with E-state index in [4.69, 9.17) is 4.52 Å². The van der Waals surface area contributed by atoms with Crippen molar-refractivity contribution in [1.82, 2.24) is 19.9 Å². The maximum atomic E-state index is 12.3. The molecule has 2 fully saturated rings. The van der Waals surface area contributed by atoms with Gasteiger partial charge in [0, 0.05) is 45.1 Å². The van der Waals surface area contributed by atoms with Crippen molar-refractivity contribution in [2.75, 3.05) is 26.2 Å². The monoisotopic (exact) mass is 322 g/mol. The molecule has 2 atom stereocenters. The van der Waals surface area contributed by atoms with Gasteiger partial charge in [0.15, 0.2) is 5.82 Å². The summed E-state index contributed by atoms with van der Waals surface area (Å²) in [5, 5.41) is 13.7. The highest BCUT2D eigenvalue weighted by atomic mass is 16.5. The first-order valence-electron chi connectivity index (χ1n) is 8.62. The van der Waals surface area contributed by atoms with Crippen LogP contribution in [-0.4, -0.2) is 69.3 Å². The minimum absolute atomic E-state index is 0.185. The zero-order valence-corrected chi connectivity index (χ0v) is 13.8. The summed E-state index contributed by atoms with van der Waals surface area (Å²) >= 11 is 0. The first kappa shape index (κ1) is 16.4. The smallest absolute Gasteiger partial charge is 0.226 e. The number of carbonyl (C=O) groups is 1. The van der Waals surface area contributed by atoms with Crippen LogP contribution in [0.4, 0.5) is 0 Å². The van der Waals surface area contributed by atoms with Crippen LogP contribution in [-0.2, 0) is 11.2 Å². The normalized spacial score (nSPS) is 25.9. The Morgan fingerprint density at radius 2 is 2.09 bits per heavy atom. The molecule has 7 heteroatoms. The van der Waals surface area contributed by atoms with E-state index in [0.29, 0.717) is 30.6 Å². The number of hydrogen-bond donors (Lipinski definition) is 1. The third kappa shape index (κ3) is 4.09. The van der Waals surface area contributed by atoms with Crippen molar-refractivity contribution in [2.24, 2.45) is 0 Å². The molecule has 0 spiro atoms. The highest BCUT2D eigenvalue weighted by molar-refractivity contribution is 5.76. The first-order valence-corrected chi connectivity index (χ1v) is 8.62. The molecule has 128 valence electrons. The van der Waals surface area contributed by atoms with E-state index < -0.39 is 0 Å². The summed E-state index contributed by atoms with van der Waals surface area (Å²) in [5.74, 6) is 1.44. The van der Waals surface area contributed by atoms with E-state index in [1.54, 1.807) is 6.92 Å². The maximum Gasteiger partial charge on any atom is 0.226 e. The molecule has 2 aliphatic rings. The van der Waals surface area contributed by atoms with Gasteiger partial charge in [0.05, 0.1) is 6.10 Å². The number of hydrogen-bond acceptors (Lipinski definition) is 6. The highest BCUT2D eigenvalue weighted by Crippen LogP contribution is 2.25. The number of piperazine rings is 1. The van der Waals surface area contributed by atoms with Gasteiger partial charge in [0.1, 0.15) is 0 Å².